The summed E-state index contributed by atoms with van der Waals surface area (Å²) in [5, 5.41) is 0. The van der Waals surface area contributed by atoms with E-state index in [2.05, 4.69) is 123 Å². The molecule has 0 saturated carbocycles. The molecule has 0 aliphatic carbocycles. The molecule has 0 amide bonds. The molecular weight excluding hydrogens is 464 g/mol. The second-order valence-corrected chi connectivity index (χ2v) is 10.7. The van der Waals surface area contributed by atoms with Crippen LogP contribution in [0.3, 0.4) is 0 Å². The lowest BCUT2D eigenvalue weighted by atomic mass is 9.99. The van der Waals surface area contributed by atoms with Gasteiger partial charge < -0.3 is 9.13 Å². The van der Waals surface area contributed by atoms with E-state index in [1.807, 2.05) is 0 Å². The Balaban J connectivity index is 0.00000353. The van der Waals surface area contributed by atoms with E-state index in [9.17, 15) is 0 Å². The third kappa shape index (κ3) is 5.65. The number of pyridine rings is 2. The van der Waals surface area contributed by atoms with Crippen LogP contribution in [0.4, 0.5) is 0 Å². The first kappa shape index (κ1) is 25.7. The summed E-state index contributed by atoms with van der Waals surface area (Å²) < 4.78 is 4.48. The zero-order valence-electron chi connectivity index (χ0n) is 23.5. The minimum absolute atomic E-state index is 0. The van der Waals surface area contributed by atoms with Gasteiger partial charge >= 0.3 is 0 Å². The van der Waals surface area contributed by atoms with Gasteiger partial charge in [0.2, 0.25) is 0 Å². The number of benzene rings is 1. The zero-order chi connectivity index (χ0) is 26.8. The molecule has 0 atom stereocenters. The van der Waals surface area contributed by atoms with Crippen molar-refractivity contribution in [1.82, 2.24) is 19.1 Å². The first-order chi connectivity index (χ1) is 18.3. The molecule has 4 aromatic heterocycles. The van der Waals surface area contributed by atoms with Gasteiger partial charge in [0.25, 0.3) is 0 Å². The molecule has 0 aliphatic heterocycles. The van der Waals surface area contributed by atoms with Crippen molar-refractivity contribution in [3.63, 3.8) is 0 Å². The molecule has 0 aliphatic rings. The third-order valence-corrected chi connectivity index (χ3v) is 7.40. The van der Waals surface area contributed by atoms with E-state index in [1.165, 1.54) is 45.0 Å². The van der Waals surface area contributed by atoms with Crippen molar-refractivity contribution in [2.75, 3.05) is 0 Å². The quantitative estimate of drug-likeness (QED) is 0.217. The third-order valence-electron chi connectivity index (χ3n) is 7.40. The smallest absolute Gasteiger partial charge is 0.137 e. The fraction of sp³-hybridized carbons (Fsp3) is 0.294. The number of nitrogens with zero attached hydrogens (tertiary/aromatic N) is 4. The van der Waals surface area contributed by atoms with Gasteiger partial charge in [0.1, 0.15) is 11.6 Å². The molecule has 0 spiro atoms. The molecule has 1 aromatic carbocycles. The average molecular weight is 505 g/mol. The van der Waals surface area contributed by atoms with Crippen LogP contribution in [-0.4, -0.2) is 19.1 Å². The normalized spacial score (nSPS) is 11.3. The van der Waals surface area contributed by atoms with Crippen molar-refractivity contribution in [3.8, 4) is 11.6 Å². The Hall–Kier alpha value is -3.92. The van der Waals surface area contributed by atoms with E-state index in [-0.39, 0.29) is 1.43 Å². The second-order valence-electron chi connectivity index (χ2n) is 10.7. The summed E-state index contributed by atoms with van der Waals surface area (Å²) in [5.41, 5.74) is 12.4. The predicted octanol–water partition coefficient (Wildman–Crippen LogP) is 7.72. The van der Waals surface area contributed by atoms with Crippen LogP contribution in [0.25, 0.3) is 11.6 Å². The summed E-state index contributed by atoms with van der Waals surface area (Å²) in [6.45, 7) is 12.7. The highest BCUT2D eigenvalue weighted by atomic mass is 15.1. The molecular formula is C34H40N4. The monoisotopic (exact) mass is 504 g/mol. The fourth-order valence-corrected chi connectivity index (χ4v) is 5.54. The van der Waals surface area contributed by atoms with Gasteiger partial charge in [-0.15, -0.1) is 0 Å². The lowest BCUT2D eigenvalue weighted by molar-refractivity contribution is 0.882. The number of hydrogen-bond acceptors (Lipinski definition) is 2. The summed E-state index contributed by atoms with van der Waals surface area (Å²) in [4.78, 5) is 9.63. The molecule has 0 fully saturated rings. The van der Waals surface area contributed by atoms with Crippen LogP contribution in [0.2, 0.25) is 0 Å². The largest absolute Gasteiger partial charge is 0.303 e. The van der Waals surface area contributed by atoms with Crippen LogP contribution >= 0.6 is 0 Å². The van der Waals surface area contributed by atoms with Crippen LogP contribution in [0.15, 0.2) is 72.8 Å². The molecule has 0 bridgehead atoms. The minimum atomic E-state index is 0. The topological polar surface area (TPSA) is 35.6 Å². The summed E-state index contributed by atoms with van der Waals surface area (Å²) in [6, 6.07) is 26.6. The summed E-state index contributed by atoms with van der Waals surface area (Å²) in [7, 11) is 0. The fourth-order valence-electron chi connectivity index (χ4n) is 5.54. The van der Waals surface area contributed by atoms with Crippen molar-refractivity contribution in [1.29, 1.82) is 0 Å². The Labute approximate surface area is 228 Å². The molecule has 4 nitrogen and oxygen atoms in total. The number of rotatable bonds is 8. The van der Waals surface area contributed by atoms with E-state index in [1.54, 1.807) is 0 Å². The number of aryl methyl sites for hydroxylation is 10. The number of aromatic nitrogens is 4. The van der Waals surface area contributed by atoms with Crippen molar-refractivity contribution in [3.05, 3.63) is 129 Å². The molecule has 0 unspecified atom stereocenters. The van der Waals surface area contributed by atoms with Gasteiger partial charge in [-0.1, -0.05) is 24.3 Å². The SMILES string of the molecule is Cc1cc(CCc2cccc(CCc3cc(C)nc(-n4c(C)ccc4C)c3)c2)cc(-n2c(C)ccc2C)n1.[HH]. The average Bonchev–Trinajstić information content (AvgIpc) is 3.40. The van der Waals surface area contributed by atoms with Gasteiger partial charge in [0.05, 0.1) is 0 Å². The zero-order valence-corrected chi connectivity index (χ0v) is 23.5. The maximum atomic E-state index is 4.82. The lowest BCUT2D eigenvalue weighted by Crippen LogP contribution is -2.05. The van der Waals surface area contributed by atoms with Gasteiger partial charge in [-0.3, -0.25) is 0 Å². The molecule has 0 N–H and O–H groups in total. The van der Waals surface area contributed by atoms with Crippen molar-refractivity contribution < 1.29 is 1.43 Å². The van der Waals surface area contributed by atoms with Crippen molar-refractivity contribution >= 4 is 0 Å². The Morgan fingerprint density at radius 3 is 1.24 bits per heavy atom. The number of hydrogen-bond donors (Lipinski definition) is 0. The van der Waals surface area contributed by atoms with E-state index in [0.29, 0.717) is 0 Å². The standard InChI is InChI=1S/C34H38N4.H2/c1-23-18-31(21-33(35-23)37-25(3)10-11-26(37)4)16-14-29-8-7-9-30(20-29)15-17-32-19-24(2)36-34(22-32)38-27(5)12-13-28(38)6;/h7-13,18-22H,14-17H2,1-6H3;1H. The molecule has 0 radical (unpaired) electrons. The molecule has 5 aromatic rings. The van der Waals surface area contributed by atoms with E-state index >= 15 is 0 Å². The van der Waals surface area contributed by atoms with E-state index < -0.39 is 0 Å². The van der Waals surface area contributed by atoms with Crippen LogP contribution in [0.5, 0.6) is 0 Å². The van der Waals surface area contributed by atoms with Gasteiger partial charge in [0.15, 0.2) is 0 Å². The predicted molar refractivity (Wildman–Crippen MR) is 159 cm³/mol. The van der Waals surface area contributed by atoms with Gasteiger partial charge in [0, 0.05) is 35.6 Å². The van der Waals surface area contributed by atoms with Gasteiger partial charge in [-0.05, 0) is 138 Å². The first-order valence-electron chi connectivity index (χ1n) is 13.6. The van der Waals surface area contributed by atoms with Gasteiger partial charge in [-0.25, -0.2) is 9.97 Å². The highest BCUT2D eigenvalue weighted by Gasteiger charge is 2.10. The summed E-state index contributed by atoms with van der Waals surface area (Å²) in [5.74, 6) is 2.04. The maximum Gasteiger partial charge on any atom is 0.137 e. The van der Waals surface area contributed by atoms with Crippen LogP contribution in [0.1, 0.15) is 57.8 Å². The van der Waals surface area contributed by atoms with Crippen LogP contribution in [0, 0.1) is 41.5 Å². The second kappa shape index (κ2) is 10.8. The Morgan fingerprint density at radius 2 is 0.842 bits per heavy atom. The Morgan fingerprint density at radius 1 is 0.474 bits per heavy atom. The Bertz CT molecular complexity index is 1440. The maximum absolute atomic E-state index is 4.82. The summed E-state index contributed by atoms with van der Waals surface area (Å²) in [6.07, 6.45) is 4.04. The molecule has 4 heterocycles. The molecule has 5 rings (SSSR count). The highest BCUT2D eigenvalue weighted by molar-refractivity contribution is 5.38. The van der Waals surface area contributed by atoms with Crippen LogP contribution < -0.4 is 0 Å². The molecule has 0 saturated heterocycles. The molecule has 196 valence electrons. The van der Waals surface area contributed by atoms with E-state index in [4.69, 9.17) is 9.97 Å². The van der Waals surface area contributed by atoms with E-state index in [0.717, 1.165) is 48.7 Å². The first-order valence-corrected chi connectivity index (χ1v) is 13.6. The van der Waals surface area contributed by atoms with Gasteiger partial charge in [-0.2, -0.15) is 0 Å². The summed E-state index contributed by atoms with van der Waals surface area (Å²) >= 11 is 0. The van der Waals surface area contributed by atoms with Crippen molar-refractivity contribution in [2.45, 2.75) is 67.2 Å². The van der Waals surface area contributed by atoms with Crippen molar-refractivity contribution in [2.24, 2.45) is 0 Å². The molecule has 38 heavy (non-hydrogen) atoms. The lowest BCUT2D eigenvalue weighted by Gasteiger charge is -2.13. The highest BCUT2D eigenvalue weighted by Crippen LogP contribution is 2.20. The molecule has 4 heteroatoms. The Kier molecular flexibility index (Phi) is 7.33. The minimum Gasteiger partial charge on any atom is -0.303 e. The van der Waals surface area contributed by atoms with Crippen LogP contribution in [-0.2, 0) is 25.7 Å².